The first-order valence-corrected chi connectivity index (χ1v) is 12.6. The molecule has 0 radical (unpaired) electrons. The number of nitrogens with one attached hydrogen (secondary N) is 3. The normalized spacial score (nSPS) is 23.0. The van der Waals surface area contributed by atoms with E-state index in [1.807, 2.05) is 0 Å². The first-order chi connectivity index (χ1) is 16.8. The van der Waals surface area contributed by atoms with Gasteiger partial charge in [0.25, 0.3) is 5.91 Å². The summed E-state index contributed by atoms with van der Waals surface area (Å²) in [5.41, 5.74) is -0.307. The quantitative estimate of drug-likeness (QED) is 0.328. The molecule has 1 spiro atoms. The molecule has 0 aromatic rings. The van der Waals surface area contributed by atoms with Gasteiger partial charge in [0.05, 0.1) is 6.04 Å². The molecule has 0 aromatic heterocycles. The predicted octanol–water partition coefficient (Wildman–Crippen LogP) is 1.96. The van der Waals surface area contributed by atoms with E-state index >= 15 is 0 Å². The van der Waals surface area contributed by atoms with Crippen LogP contribution in [-0.2, 0) is 19.2 Å². The third kappa shape index (κ3) is 7.36. The Bertz CT molecular complexity index is 882. The Morgan fingerprint density at radius 1 is 1.08 bits per heavy atom. The molecule has 3 aliphatic rings. The van der Waals surface area contributed by atoms with E-state index in [0.29, 0.717) is 13.3 Å². The molecule has 3 atom stereocenters. The van der Waals surface area contributed by atoms with Gasteiger partial charge in [-0.1, -0.05) is 19.3 Å². The summed E-state index contributed by atoms with van der Waals surface area (Å²) in [6.45, 7) is 2.35. The second-order valence-electron chi connectivity index (χ2n) is 10.7. The monoisotopic (exact) mass is 514 g/mol. The molecule has 0 bridgehead atoms. The minimum absolute atomic E-state index is 0.122. The molecule has 1 saturated heterocycles. The van der Waals surface area contributed by atoms with Gasteiger partial charge in [-0.05, 0) is 57.8 Å². The Balaban J connectivity index is 1.79. The van der Waals surface area contributed by atoms with Crippen molar-refractivity contribution in [1.82, 2.24) is 20.9 Å². The summed E-state index contributed by atoms with van der Waals surface area (Å²) in [6.07, 6.45) is 3.78. The summed E-state index contributed by atoms with van der Waals surface area (Å²) in [7, 11) is 0. The van der Waals surface area contributed by atoms with Gasteiger partial charge in [-0.2, -0.15) is 0 Å². The summed E-state index contributed by atoms with van der Waals surface area (Å²) in [5, 5.41) is 16.1. The van der Waals surface area contributed by atoms with Crippen molar-refractivity contribution in [3.05, 3.63) is 0 Å². The highest BCUT2D eigenvalue weighted by Crippen LogP contribution is 2.46. The van der Waals surface area contributed by atoms with Gasteiger partial charge >= 0.3 is 6.09 Å². The second kappa shape index (κ2) is 11.1. The van der Waals surface area contributed by atoms with E-state index in [2.05, 4.69) is 16.0 Å². The third-order valence-corrected chi connectivity index (χ3v) is 7.36. The van der Waals surface area contributed by atoms with Crippen LogP contribution in [-0.4, -0.2) is 76.2 Å². The average Bonchev–Trinajstić information content (AvgIpc) is 3.54. The maximum absolute atomic E-state index is 13.6. The molecule has 10 nitrogen and oxygen atoms in total. The number of Topliss-reactive ketones (excluding diaryl/α,β-unsaturated/α-hetero) is 1. The zero-order valence-electron chi connectivity index (χ0n) is 20.8. The van der Waals surface area contributed by atoms with Crippen molar-refractivity contribution >= 4 is 29.6 Å². The summed E-state index contributed by atoms with van der Waals surface area (Å²) in [6, 6.07) is -3.69. The summed E-state index contributed by atoms with van der Waals surface area (Å²) >= 11 is 0. The second-order valence-corrected chi connectivity index (χ2v) is 10.7. The lowest BCUT2D eigenvalue weighted by Gasteiger charge is -2.33. The first kappa shape index (κ1) is 27.8. The molecule has 36 heavy (non-hydrogen) atoms. The fourth-order valence-electron chi connectivity index (χ4n) is 5.26. The van der Waals surface area contributed by atoms with E-state index in [-0.39, 0.29) is 18.0 Å². The standard InChI is InChI=1S/C24H36F2N4O6/c1-14(27-22(35)36)21(34)30-13-24(9-4-3-5-10-24)12-17(30)19(32)29-16(8-11-23(2,25)26)18(31)20(33)28-15-6-7-15/h14-17,27H,3-13H2,1-2H3,(H,28,33)(H,29,32)(H,35,36). The lowest BCUT2D eigenvalue weighted by molar-refractivity contribution is -0.143. The number of alkyl halides is 2. The molecular weight excluding hydrogens is 478 g/mol. The number of hydrogen-bond donors (Lipinski definition) is 4. The van der Waals surface area contributed by atoms with Crippen LogP contribution in [0.2, 0.25) is 0 Å². The van der Waals surface area contributed by atoms with E-state index in [1.165, 1.54) is 11.8 Å². The predicted molar refractivity (Wildman–Crippen MR) is 124 cm³/mol. The largest absolute Gasteiger partial charge is 0.465 e. The van der Waals surface area contributed by atoms with Gasteiger partial charge in [0.1, 0.15) is 12.1 Å². The number of likely N-dealkylation sites (tertiary alicyclic amines) is 1. The molecular formula is C24H36F2N4O6. The van der Waals surface area contributed by atoms with Gasteiger partial charge in [-0.25, -0.2) is 13.6 Å². The highest BCUT2D eigenvalue weighted by atomic mass is 19.3. The highest BCUT2D eigenvalue weighted by Gasteiger charge is 2.50. The lowest BCUT2D eigenvalue weighted by Crippen LogP contribution is -2.56. The molecule has 3 unspecified atom stereocenters. The first-order valence-electron chi connectivity index (χ1n) is 12.6. The van der Waals surface area contributed by atoms with Crippen LogP contribution in [0.3, 0.4) is 0 Å². The molecule has 202 valence electrons. The van der Waals surface area contributed by atoms with Crippen LogP contribution in [0.15, 0.2) is 0 Å². The number of hydrogen-bond acceptors (Lipinski definition) is 5. The minimum Gasteiger partial charge on any atom is -0.465 e. The molecule has 1 aliphatic heterocycles. The smallest absolute Gasteiger partial charge is 0.405 e. The topological polar surface area (TPSA) is 145 Å². The van der Waals surface area contributed by atoms with Crippen molar-refractivity contribution in [3.63, 3.8) is 0 Å². The molecule has 1 heterocycles. The van der Waals surface area contributed by atoms with Crippen molar-refractivity contribution in [2.45, 2.75) is 108 Å². The molecule has 4 N–H and O–H groups in total. The van der Waals surface area contributed by atoms with Crippen molar-refractivity contribution in [2.24, 2.45) is 5.41 Å². The Morgan fingerprint density at radius 2 is 1.72 bits per heavy atom. The number of amides is 4. The molecule has 2 saturated carbocycles. The molecule has 12 heteroatoms. The number of nitrogens with zero attached hydrogens (tertiary/aromatic N) is 1. The Labute approximate surface area is 208 Å². The van der Waals surface area contributed by atoms with Crippen molar-refractivity contribution in [2.75, 3.05) is 6.54 Å². The SMILES string of the molecule is CC(NC(=O)O)C(=O)N1CC2(CCCCC2)CC1C(=O)NC(CCC(C)(F)F)C(=O)C(=O)NC1CC1. The molecule has 4 amide bonds. The van der Waals surface area contributed by atoms with Crippen LogP contribution in [0.25, 0.3) is 0 Å². The number of ketones is 1. The van der Waals surface area contributed by atoms with Gasteiger partial charge in [-0.15, -0.1) is 0 Å². The number of halogens is 2. The zero-order valence-corrected chi connectivity index (χ0v) is 20.8. The Hall–Kier alpha value is -2.79. The van der Waals surface area contributed by atoms with Crippen LogP contribution in [0.5, 0.6) is 0 Å². The summed E-state index contributed by atoms with van der Waals surface area (Å²) in [5.74, 6) is -6.30. The summed E-state index contributed by atoms with van der Waals surface area (Å²) < 4.78 is 27.1. The minimum atomic E-state index is -3.10. The third-order valence-electron chi connectivity index (χ3n) is 7.36. The Morgan fingerprint density at radius 3 is 2.28 bits per heavy atom. The molecule has 3 fully saturated rings. The van der Waals surface area contributed by atoms with E-state index in [0.717, 1.165) is 44.9 Å². The summed E-state index contributed by atoms with van der Waals surface area (Å²) in [4.78, 5) is 64.1. The molecule has 0 aromatic carbocycles. The van der Waals surface area contributed by atoms with Crippen LogP contribution in [0.1, 0.15) is 78.1 Å². The zero-order chi connectivity index (χ0) is 26.7. The van der Waals surface area contributed by atoms with Crippen molar-refractivity contribution < 1.29 is 37.9 Å². The number of carbonyl (C=O) groups is 5. The van der Waals surface area contributed by atoms with Crippen LogP contribution < -0.4 is 16.0 Å². The van der Waals surface area contributed by atoms with E-state index in [1.54, 1.807) is 0 Å². The van der Waals surface area contributed by atoms with Gasteiger partial charge in [0.2, 0.25) is 23.5 Å². The highest BCUT2D eigenvalue weighted by molar-refractivity contribution is 6.38. The maximum Gasteiger partial charge on any atom is 0.405 e. The number of rotatable bonds is 10. The lowest BCUT2D eigenvalue weighted by atomic mass is 9.72. The van der Waals surface area contributed by atoms with Crippen LogP contribution in [0, 0.1) is 5.41 Å². The fourth-order valence-corrected chi connectivity index (χ4v) is 5.26. The van der Waals surface area contributed by atoms with E-state index in [9.17, 15) is 32.8 Å². The fraction of sp³-hybridized carbons (Fsp3) is 0.792. The number of carboxylic acid groups (broad SMARTS) is 1. The van der Waals surface area contributed by atoms with Crippen molar-refractivity contribution in [1.29, 1.82) is 0 Å². The van der Waals surface area contributed by atoms with Gasteiger partial charge in [0, 0.05) is 19.0 Å². The van der Waals surface area contributed by atoms with Gasteiger partial charge < -0.3 is 26.0 Å². The van der Waals surface area contributed by atoms with E-state index < -0.39 is 66.5 Å². The van der Waals surface area contributed by atoms with Crippen LogP contribution in [0.4, 0.5) is 13.6 Å². The number of carbonyl (C=O) groups excluding carboxylic acids is 4. The van der Waals surface area contributed by atoms with Gasteiger partial charge in [-0.3, -0.25) is 19.2 Å². The molecule has 3 rings (SSSR count). The van der Waals surface area contributed by atoms with E-state index in [4.69, 9.17) is 5.11 Å². The molecule has 2 aliphatic carbocycles. The average molecular weight is 515 g/mol. The maximum atomic E-state index is 13.6. The van der Waals surface area contributed by atoms with Crippen LogP contribution >= 0.6 is 0 Å². The van der Waals surface area contributed by atoms with Crippen molar-refractivity contribution in [3.8, 4) is 0 Å². The Kier molecular flexibility index (Phi) is 8.55. The van der Waals surface area contributed by atoms with Gasteiger partial charge in [0.15, 0.2) is 0 Å².